The Bertz CT molecular complexity index is 1100. The van der Waals surface area contributed by atoms with E-state index in [1.807, 2.05) is 23.6 Å². The highest BCUT2D eigenvalue weighted by Crippen LogP contribution is 2.30. The first kappa shape index (κ1) is 18.8. The molecule has 0 aliphatic carbocycles. The van der Waals surface area contributed by atoms with E-state index >= 15 is 0 Å². The zero-order valence-electron chi connectivity index (χ0n) is 14.1. The Balaban J connectivity index is 1.93. The summed E-state index contributed by atoms with van der Waals surface area (Å²) in [6.45, 7) is 0.177. The molecule has 1 aromatic carbocycles. The van der Waals surface area contributed by atoms with E-state index in [0.29, 0.717) is 10.7 Å². The lowest BCUT2D eigenvalue weighted by Crippen LogP contribution is -2.26. The lowest BCUT2D eigenvalue weighted by molar-refractivity contribution is 0.519. The van der Waals surface area contributed by atoms with Crippen LogP contribution in [0.5, 0.6) is 0 Å². The number of benzene rings is 1. The van der Waals surface area contributed by atoms with Crippen LogP contribution in [0.3, 0.4) is 0 Å². The lowest BCUT2D eigenvalue weighted by atomic mass is 10.2. The van der Waals surface area contributed by atoms with Crippen molar-refractivity contribution in [1.82, 2.24) is 13.9 Å². The van der Waals surface area contributed by atoms with Crippen LogP contribution in [0.15, 0.2) is 57.7 Å². The largest absolute Gasteiger partial charge is 0.308 e. The number of rotatable bonds is 5. The Labute approximate surface area is 160 Å². The third-order valence-electron chi connectivity index (χ3n) is 3.72. The van der Waals surface area contributed by atoms with Gasteiger partial charge < -0.3 is 4.57 Å². The summed E-state index contributed by atoms with van der Waals surface area (Å²) in [4.78, 5) is 16.7. The molecule has 0 atom stereocenters. The van der Waals surface area contributed by atoms with Crippen LogP contribution in [0, 0.1) is 0 Å². The summed E-state index contributed by atoms with van der Waals surface area (Å²) in [6, 6.07) is 9.94. The molecule has 0 aliphatic rings. The standard InChI is InChI=1S/C17H16ClN3O3S2/c1-20(2)26(23,24)13-7-8-16(22)21(10-13)9-12-11-25-17(19-12)14-5-3-4-6-15(14)18/h3-8,10-11H,9H2,1-2H3. The highest BCUT2D eigenvalue weighted by atomic mass is 35.5. The predicted octanol–water partition coefficient (Wildman–Crippen LogP) is 2.92. The molecule has 0 saturated heterocycles. The summed E-state index contributed by atoms with van der Waals surface area (Å²) < 4.78 is 27.0. The van der Waals surface area contributed by atoms with Crippen molar-refractivity contribution in [2.45, 2.75) is 11.4 Å². The Morgan fingerprint density at radius 1 is 1.19 bits per heavy atom. The number of hydrogen-bond donors (Lipinski definition) is 0. The molecule has 0 fully saturated rings. The van der Waals surface area contributed by atoms with Crippen LogP contribution in [0.1, 0.15) is 5.69 Å². The van der Waals surface area contributed by atoms with E-state index in [1.54, 1.807) is 6.07 Å². The third kappa shape index (κ3) is 3.73. The van der Waals surface area contributed by atoms with Crippen molar-refractivity contribution in [3.05, 3.63) is 69.0 Å². The van der Waals surface area contributed by atoms with Crippen LogP contribution in [0.2, 0.25) is 5.02 Å². The van der Waals surface area contributed by atoms with Crippen molar-refractivity contribution in [1.29, 1.82) is 0 Å². The summed E-state index contributed by atoms with van der Waals surface area (Å²) in [5, 5.41) is 3.18. The lowest BCUT2D eigenvalue weighted by Gasteiger charge is -2.12. The molecule has 9 heteroatoms. The third-order valence-corrected chi connectivity index (χ3v) is 6.78. The number of aromatic nitrogens is 2. The van der Waals surface area contributed by atoms with Gasteiger partial charge in [-0.15, -0.1) is 11.3 Å². The molecule has 136 valence electrons. The molecule has 6 nitrogen and oxygen atoms in total. The second kappa shape index (κ2) is 7.32. The van der Waals surface area contributed by atoms with E-state index in [-0.39, 0.29) is 17.0 Å². The molecule has 0 radical (unpaired) electrons. The molecule has 26 heavy (non-hydrogen) atoms. The van der Waals surface area contributed by atoms with Crippen molar-refractivity contribution < 1.29 is 8.42 Å². The van der Waals surface area contributed by atoms with Gasteiger partial charge in [0.2, 0.25) is 10.0 Å². The van der Waals surface area contributed by atoms with Gasteiger partial charge in [-0.2, -0.15) is 0 Å². The summed E-state index contributed by atoms with van der Waals surface area (Å²) in [7, 11) is -0.722. The summed E-state index contributed by atoms with van der Waals surface area (Å²) >= 11 is 7.61. The van der Waals surface area contributed by atoms with Crippen LogP contribution >= 0.6 is 22.9 Å². The van der Waals surface area contributed by atoms with E-state index in [0.717, 1.165) is 14.9 Å². The van der Waals surface area contributed by atoms with Gasteiger partial charge in [0, 0.05) is 37.3 Å². The average Bonchev–Trinajstić information content (AvgIpc) is 3.05. The summed E-state index contributed by atoms with van der Waals surface area (Å²) in [5.41, 5.74) is 1.18. The van der Waals surface area contributed by atoms with Crippen LogP contribution in [-0.2, 0) is 16.6 Å². The molecule has 0 saturated carbocycles. The van der Waals surface area contributed by atoms with Crippen LogP contribution < -0.4 is 5.56 Å². The molecular formula is C17H16ClN3O3S2. The fourth-order valence-corrected chi connectivity index (χ4v) is 4.36. The zero-order valence-corrected chi connectivity index (χ0v) is 16.5. The predicted molar refractivity (Wildman–Crippen MR) is 103 cm³/mol. The van der Waals surface area contributed by atoms with E-state index < -0.39 is 10.0 Å². The quantitative estimate of drug-likeness (QED) is 0.649. The number of pyridine rings is 1. The highest BCUT2D eigenvalue weighted by molar-refractivity contribution is 7.89. The minimum atomic E-state index is -3.61. The smallest absolute Gasteiger partial charge is 0.250 e. The number of hydrogen-bond acceptors (Lipinski definition) is 5. The van der Waals surface area contributed by atoms with Gasteiger partial charge in [-0.25, -0.2) is 17.7 Å². The summed E-state index contributed by atoms with van der Waals surface area (Å²) in [6.07, 6.45) is 1.34. The van der Waals surface area contributed by atoms with Gasteiger partial charge in [-0.3, -0.25) is 4.79 Å². The molecule has 2 heterocycles. The van der Waals surface area contributed by atoms with Crippen LogP contribution in [0.25, 0.3) is 10.6 Å². The highest BCUT2D eigenvalue weighted by Gasteiger charge is 2.18. The van der Waals surface area contributed by atoms with Crippen molar-refractivity contribution in [2.75, 3.05) is 14.1 Å². The second-order valence-electron chi connectivity index (χ2n) is 5.74. The molecule has 0 spiro atoms. The van der Waals surface area contributed by atoms with Crippen LogP contribution in [-0.4, -0.2) is 36.4 Å². The van der Waals surface area contributed by atoms with E-state index in [2.05, 4.69) is 4.98 Å². The molecule has 0 N–H and O–H groups in total. The van der Waals surface area contributed by atoms with Gasteiger partial charge in [0.05, 0.1) is 22.2 Å². The molecule has 3 aromatic rings. The second-order valence-corrected chi connectivity index (χ2v) is 9.16. The van der Waals surface area contributed by atoms with E-state index in [4.69, 9.17) is 11.6 Å². The first-order chi connectivity index (χ1) is 12.3. The van der Waals surface area contributed by atoms with Crippen LogP contribution in [0.4, 0.5) is 0 Å². The Morgan fingerprint density at radius 2 is 1.92 bits per heavy atom. The van der Waals surface area contributed by atoms with E-state index in [1.165, 1.54) is 48.3 Å². The number of nitrogens with zero attached hydrogens (tertiary/aromatic N) is 3. The molecule has 3 rings (SSSR count). The minimum absolute atomic E-state index is 0.0589. The van der Waals surface area contributed by atoms with Crippen molar-refractivity contribution in [2.24, 2.45) is 0 Å². The van der Waals surface area contributed by atoms with Crippen molar-refractivity contribution in [3.63, 3.8) is 0 Å². The molecule has 0 unspecified atom stereocenters. The van der Waals surface area contributed by atoms with Gasteiger partial charge in [0.1, 0.15) is 5.01 Å². The molecular weight excluding hydrogens is 394 g/mol. The van der Waals surface area contributed by atoms with Gasteiger partial charge >= 0.3 is 0 Å². The monoisotopic (exact) mass is 409 g/mol. The molecule has 0 amide bonds. The van der Waals surface area contributed by atoms with E-state index in [9.17, 15) is 13.2 Å². The van der Waals surface area contributed by atoms with Gasteiger partial charge in [0.25, 0.3) is 5.56 Å². The normalized spacial score (nSPS) is 11.8. The maximum Gasteiger partial charge on any atom is 0.250 e. The first-order valence-corrected chi connectivity index (χ1v) is 10.3. The molecule has 2 aromatic heterocycles. The minimum Gasteiger partial charge on any atom is -0.308 e. The van der Waals surface area contributed by atoms with Gasteiger partial charge in [0.15, 0.2) is 0 Å². The number of thiazole rings is 1. The van der Waals surface area contributed by atoms with Gasteiger partial charge in [-0.05, 0) is 12.1 Å². The number of sulfonamides is 1. The van der Waals surface area contributed by atoms with Crippen molar-refractivity contribution >= 4 is 33.0 Å². The zero-order chi connectivity index (χ0) is 18.9. The maximum atomic E-state index is 12.3. The summed E-state index contributed by atoms with van der Waals surface area (Å²) in [5.74, 6) is 0. The molecule has 0 bridgehead atoms. The molecule has 0 aliphatic heterocycles. The van der Waals surface area contributed by atoms with Crippen molar-refractivity contribution in [3.8, 4) is 10.6 Å². The maximum absolute atomic E-state index is 12.3. The number of halogens is 1. The average molecular weight is 410 g/mol. The fourth-order valence-electron chi connectivity index (χ4n) is 2.31. The first-order valence-electron chi connectivity index (χ1n) is 7.61. The Morgan fingerprint density at radius 3 is 2.62 bits per heavy atom. The Kier molecular flexibility index (Phi) is 5.29. The van der Waals surface area contributed by atoms with Gasteiger partial charge in [-0.1, -0.05) is 29.8 Å². The SMILES string of the molecule is CN(C)S(=O)(=O)c1ccc(=O)n(Cc2csc(-c3ccccc3Cl)n2)c1. The Hall–Kier alpha value is -2.00. The fraction of sp³-hybridized carbons (Fsp3) is 0.176. The topological polar surface area (TPSA) is 72.3 Å².